The van der Waals surface area contributed by atoms with Crippen molar-refractivity contribution in [2.24, 2.45) is 11.8 Å². The molecule has 0 saturated carbocycles. The van der Waals surface area contributed by atoms with Gasteiger partial charge in [-0.2, -0.15) is 0 Å². The molecule has 0 aliphatic heterocycles. The highest BCUT2D eigenvalue weighted by Crippen LogP contribution is 2.23. The molecule has 1 unspecified atom stereocenters. The van der Waals surface area contributed by atoms with E-state index in [2.05, 4.69) is 14.2 Å². The van der Waals surface area contributed by atoms with Crippen molar-refractivity contribution in [3.8, 4) is 0 Å². The van der Waals surface area contributed by atoms with E-state index in [1.54, 1.807) is 6.92 Å². The zero-order valence-electron chi connectivity index (χ0n) is 10.5. The lowest BCUT2D eigenvalue weighted by Gasteiger charge is -2.20. The van der Waals surface area contributed by atoms with E-state index in [0.717, 1.165) is 0 Å². The van der Waals surface area contributed by atoms with Gasteiger partial charge >= 0.3 is 17.9 Å². The van der Waals surface area contributed by atoms with Crippen LogP contribution in [0.15, 0.2) is 0 Å². The van der Waals surface area contributed by atoms with Gasteiger partial charge in [0.25, 0.3) is 0 Å². The van der Waals surface area contributed by atoms with Gasteiger partial charge in [0, 0.05) is 6.42 Å². The molecule has 17 heavy (non-hydrogen) atoms. The summed E-state index contributed by atoms with van der Waals surface area (Å²) in [5, 5.41) is 0. The molecule has 0 amide bonds. The van der Waals surface area contributed by atoms with Gasteiger partial charge in [-0.3, -0.25) is 14.4 Å². The minimum Gasteiger partial charge on any atom is -0.469 e. The van der Waals surface area contributed by atoms with Gasteiger partial charge < -0.3 is 14.2 Å². The number of ether oxygens (including phenoxy) is 3. The van der Waals surface area contributed by atoms with Crippen molar-refractivity contribution in [2.75, 3.05) is 21.3 Å². The number of methoxy groups -OCH3 is 3. The Labute approximate surface area is 100 Å². The van der Waals surface area contributed by atoms with Crippen molar-refractivity contribution in [3.63, 3.8) is 0 Å². The van der Waals surface area contributed by atoms with E-state index in [1.807, 2.05) is 0 Å². The Kier molecular flexibility index (Phi) is 6.93. The van der Waals surface area contributed by atoms with Gasteiger partial charge in [-0.25, -0.2) is 0 Å². The minimum absolute atomic E-state index is 0.0259. The summed E-state index contributed by atoms with van der Waals surface area (Å²) in [6.07, 6.45) is 0.436. The van der Waals surface area contributed by atoms with Crippen LogP contribution in [-0.4, -0.2) is 39.2 Å². The Hall–Kier alpha value is -1.59. The molecule has 0 N–H and O–H groups in total. The Bertz CT molecular complexity index is 270. The second-order valence-corrected chi connectivity index (χ2v) is 3.47. The molecule has 98 valence electrons. The molecule has 0 bridgehead atoms. The van der Waals surface area contributed by atoms with Crippen molar-refractivity contribution >= 4 is 17.9 Å². The standard InChI is InChI=1S/C11H18O6/c1-5-7(6-8(12)15-2)9(10(13)16-3)11(14)17-4/h7,9H,5-6H2,1-4H3. The van der Waals surface area contributed by atoms with E-state index < -0.39 is 29.7 Å². The molecular weight excluding hydrogens is 228 g/mol. The van der Waals surface area contributed by atoms with Gasteiger partial charge in [0.2, 0.25) is 0 Å². The highest BCUT2D eigenvalue weighted by Gasteiger charge is 2.37. The molecule has 0 aliphatic carbocycles. The van der Waals surface area contributed by atoms with E-state index in [0.29, 0.717) is 6.42 Å². The maximum absolute atomic E-state index is 11.5. The van der Waals surface area contributed by atoms with Crippen LogP contribution in [0.5, 0.6) is 0 Å². The first-order valence-electron chi connectivity index (χ1n) is 5.24. The van der Waals surface area contributed by atoms with Crippen LogP contribution in [0, 0.1) is 11.8 Å². The average molecular weight is 246 g/mol. The molecule has 0 aliphatic rings. The quantitative estimate of drug-likeness (QED) is 0.386. The fourth-order valence-corrected chi connectivity index (χ4v) is 1.53. The second kappa shape index (κ2) is 7.65. The molecule has 0 saturated heterocycles. The van der Waals surface area contributed by atoms with Crippen LogP contribution in [0.3, 0.4) is 0 Å². The van der Waals surface area contributed by atoms with Gasteiger partial charge in [-0.15, -0.1) is 0 Å². The highest BCUT2D eigenvalue weighted by atomic mass is 16.5. The van der Waals surface area contributed by atoms with Gasteiger partial charge in [0.15, 0.2) is 5.92 Å². The van der Waals surface area contributed by atoms with E-state index in [9.17, 15) is 14.4 Å². The van der Waals surface area contributed by atoms with Crippen LogP contribution >= 0.6 is 0 Å². The third kappa shape index (κ3) is 4.42. The first-order valence-corrected chi connectivity index (χ1v) is 5.24. The predicted octanol–water partition coefficient (Wildman–Crippen LogP) is 0.538. The number of hydrogen-bond acceptors (Lipinski definition) is 6. The molecule has 0 aromatic heterocycles. The first kappa shape index (κ1) is 15.4. The lowest BCUT2D eigenvalue weighted by molar-refractivity contribution is -0.162. The van der Waals surface area contributed by atoms with E-state index in [4.69, 9.17) is 0 Å². The summed E-state index contributed by atoms with van der Waals surface area (Å²) in [4.78, 5) is 34.2. The van der Waals surface area contributed by atoms with E-state index >= 15 is 0 Å². The third-order valence-electron chi connectivity index (χ3n) is 2.56. The molecule has 0 aromatic rings. The maximum Gasteiger partial charge on any atom is 0.320 e. The summed E-state index contributed by atoms with van der Waals surface area (Å²) in [5.41, 5.74) is 0. The fourth-order valence-electron chi connectivity index (χ4n) is 1.53. The smallest absolute Gasteiger partial charge is 0.320 e. The lowest BCUT2D eigenvalue weighted by atomic mass is 9.87. The van der Waals surface area contributed by atoms with Gasteiger partial charge in [-0.05, 0) is 5.92 Å². The molecule has 0 radical (unpaired) electrons. The van der Waals surface area contributed by atoms with Crippen molar-refractivity contribution < 1.29 is 28.6 Å². The van der Waals surface area contributed by atoms with Crippen LogP contribution < -0.4 is 0 Å². The Balaban J connectivity index is 4.91. The van der Waals surface area contributed by atoms with Gasteiger partial charge in [0.1, 0.15) is 0 Å². The number of carbonyl (C=O) groups is 3. The zero-order chi connectivity index (χ0) is 13.4. The van der Waals surface area contributed by atoms with Crippen molar-refractivity contribution in [3.05, 3.63) is 0 Å². The summed E-state index contributed by atoms with van der Waals surface area (Å²) in [6, 6.07) is 0. The molecule has 0 fully saturated rings. The van der Waals surface area contributed by atoms with Crippen LogP contribution in [0.1, 0.15) is 19.8 Å². The number of rotatable bonds is 6. The normalized spacial score (nSPS) is 11.8. The summed E-state index contributed by atoms with van der Waals surface area (Å²) in [7, 11) is 3.62. The second-order valence-electron chi connectivity index (χ2n) is 3.47. The lowest BCUT2D eigenvalue weighted by Crippen LogP contribution is -2.34. The summed E-state index contributed by atoms with van der Waals surface area (Å²) >= 11 is 0. The van der Waals surface area contributed by atoms with Crippen LogP contribution in [-0.2, 0) is 28.6 Å². The Morgan fingerprint density at radius 2 is 1.41 bits per heavy atom. The largest absolute Gasteiger partial charge is 0.469 e. The summed E-state index contributed by atoms with van der Waals surface area (Å²) in [6.45, 7) is 1.77. The van der Waals surface area contributed by atoms with Crippen molar-refractivity contribution in [1.82, 2.24) is 0 Å². The minimum atomic E-state index is -1.09. The maximum atomic E-state index is 11.5. The first-order chi connectivity index (χ1) is 8.01. The molecule has 6 heteroatoms. The van der Waals surface area contributed by atoms with E-state index in [1.165, 1.54) is 21.3 Å². The molecule has 0 aromatic carbocycles. The molecule has 0 heterocycles. The zero-order valence-corrected chi connectivity index (χ0v) is 10.5. The predicted molar refractivity (Wildman–Crippen MR) is 57.9 cm³/mol. The Morgan fingerprint density at radius 1 is 0.941 bits per heavy atom. The van der Waals surface area contributed by atoms with Gasteiger partial charge in [-0.1, -0.05) is 13.3 Å². The fraction of sp³-hybridized carbons (Fsp3) is 0.727. The third-order valence-corrected chi connectivity index (χ3v) is 2.56. The molecule has 0 spiro atoms. The molecule has 1 atom stereocenters. The number of hydrogen-bond donors (Lipinski definition) is 0. The summed E-state index contributed by atoms with van der Waals surface area (Å²) < 4.78 is 13.6. The average Bonchev–Trinajstić information content (AvgIpc) is 2.36. The van der Waals surface area contributed by atoms with Gasteiger partial charge in [0.05, 0.1) is 21.3 Å². The highest BCUT2D eigenvalue weighted by molar-refractivity contribution is 5.95. The van der Waals surface area contributed by atoms with Crippen LogP contribution in [0.2, 0.25) is 0 Å². The topological polar surface area (TPSA) is 78.9 Å². The Morgan fingerprint density at radius 3 is 1.71 bits per heavy atom. The van der Waals surface area contributed by atoms with Crippen LogP contribution in [0.4, 0.5) is 0 Å². The monoisotopic (exact) mass is 246 g/mol. The SMILES string of the molecule is CCC(CC(=O)OC)C(C(=O)OC)C(=O)OC. The van der Waals surface area contributed by atoms with Crippen LogP contribution in [0.25, 0.3) is 0 Å². The summed E-state index contributed by atoms with van der Waals surface area (Å²) in [5.74, 6) is -3.45. The molecule has 0 rings (SSSR count). The van der Waals surface area contributed by atoms with Crippen molar-refractivity contribution in [2.45, 2.75) is 19.8 Å². The molecular formula is C11H18O6. The van der Waals surface area contributed by atoms with E-state index in [-0.39, 0.29) is 6.42 Å². The van der Waals surface area contributed by atoms with Crippen molar-refractivity contribution in [1.29, 1.82) is 0 Å². The molecule has 6 nitrogen and oxygen atoms in total. The number of carbonyl (C=O) groups excluding carboxylic acids is 3. The number of esters is 3.